The van der Waals surface area contributed by atoms with Gasteiger partial charge in [0.05, 0.1) is 11.6 Å². The fraction of sp³-hybridized carbons (Fsp3) is 0.441. The van der Waals surface area contributed by atoms with Gasteiger partial charge in [-0.3, -0.25) is 0 Å². The van der Waals surface area contributed by atoms with E-state index in [1.807, 2.05) is 12.1 Å². The van der Waals surface area contributed by atoms with E-state index in [1.54, 1.807) is 0 Å². The summed E-state index contributed by atoms with van der Waals surface area (Å²) in [6, 6.07) is 28.0. The molecule has 0 spiro atoms. The van der Waals surface area contributed by atoms with Crippen molar-refractivity contribution in [1.82, 2.24) is 0 Å². The fourth-order valence-corrected chi connectivity index (χ4v) is 11.5. The minimum absolute atomic E-state index is 0.0683. The average Bonchev–Trinajstić information content (AvgIpc) is 2.92. The maximum absolute atomic E-state index is 10.1. The first-order valence-corrected chi connectivity index (χ1v) is 15.9. The summed E-state index contributed by atoms with van der Waals surface area (Å²) >= 11 is 0. The first-order chi connectivity index (χ1) is 18.6. The Hall–Kier alpha value is -3.43. The van der Waals surface area contributed by atoms with Gasteiger partial charge in [0.25, 0.3) is 8.32 Å². The highest BCUT2D eigenvalue weighted by atomic mass is 28.4. The molecular formula is C34H39N3OSi. The van der Waals surface area contributed by atoms with Gasteiger partial charge in [-0.1, -0.05) is 95.3 Å². The van der Waals surface area contributed by atoms with Crippen molar-refractivity contribution >= 4 is 18.7 Å². The lowest BCUT2D eigenvalue weighted by atomic mass is 9.66. The highest BCUT2D eigenvalue weighted by Gasteiger charge is 2.51. The van der Waals surface area contributed by atoms with E-state index in [-0.39, 0.29) is 28.0 Å². The van der Waals surface area contributed by atoms with Crippen molar-refractivity contribution < 1.29 is 4.43 Å². The summed E-state index contributed by atoms with van der Waals surface area (Å²) in [6.07, 6.45) is 5.30. The third-order valence-corrected chi connectivity index (χ3v) is 13.6. The van der Waals surface area contributed by atoms with E-state index in [1.165, 1.54) is 10.4 Å². The van der Waals surface area contributed by atoms with Crippen LogP contribution in [0.4, 0.5) is 0 Å². The van der Waals surface area contributed by atoms with Crippen molar-refractivity contribution in [2.45, 2.75) is 84.3 Å². The topological polar surface area (TPSA) is 80.6 Å². The summed E-state index contributed by atoms with van der Waals surface area (Å²) < 4.78 is 7.40. The van der Waals surface area contributed by atoms with E-state index in [0.717, 1.165) is 37.7 Å². The minimum atomic E-state index is -2.62. The molecular weight excluding hydrogens is 494 g/mol. The molecule has 0 unspecified atom stereocenters. The summed E-state index contributed by atoms with van der Waals surface area (Å²) in [5.74, 6) is 0.270. The van der Waals surface area contributed by atoms with Crippen LogP contribution in [0.3, 0.4) is 0 Å². The molecule has 2 aliphatic carbocycles. The van der Waals surface area contributed by atoms with E-state index < -0.39 is 8.32 Å². The number of nitrogens with zero attached hydrogens (tertiary/aromatic N) is 3. The van der Waals surface area contributed by atoms with Crippen molar-refractivity contribution in [3.63, 3.8) is 0 Å². The molecule has 4 nitrogen and oxygen atoms in total. The van der Waals surface area contributed by atoms with Crippen molar-refractivity contribution in [3.05, 3.63) is 83.0 Å². The quantitative estimate of drug-likeness (QED) is 0.303. The molecule has 0 heterocycles. The van der Waals surface area contributed by atoms with Crippen LogP contribution < -0.4 is 10.4 Å². The molecule has 1 fully saturated rings. The van der Waals surface area contributed by atoms with E-state index in [0.29, 0.717) is 17.6 Å². The zero-order chi connectivity index (χ0) is 28.3. The first-order valence-electron chi connectivity index (χ1n) is 14.0. The van der Waals surface area contributed by atoms with Crippen molar-refractivity contribution in [3.8, 4) is 18.2 Å². The summed E-state index contributed by atoms with van der Waals surface area (Å²) in [6.45, 7) is 11.3. The molecule has 0 radical (unpaired) electrons. The Morgan fingerprint density at radius 3 is 1.77 bits per heavy atom. The molecule has 0 atom stereocenters. The van der Waals surface area contributed by atoms with Crippen LogP contribution in [0.2, 0.25) is 5.04 Å². The van der Waals surface area contributed by atoms with Crippen molar-refractivity contribution in [2.75, 3.05) is 0 Å². The Labute approximate surface area is 235 Å². The molecule has 200 valence electrons. The Bertz CT molecular complexity index is 1310. The number of hydrogen-bond acceptors (Lipinski definition) is 4. The maximum atomic E-state index is 10.1. The highest BCUT2D eigenvalue weighted by Crippen LogP contribution is 2.48. The third-order valence-electron chi connectivity index (χ3n) is 8.51. The lowest BCUT2D eigenvalue weighted by Crippen LogP contribution is -2.67. The molecule has 0 saturated heterocycles. The zero-order valence-corrected chi connectivity index (χ0v) is 24.9. The van der Waals surface area contributed by atoms with Crippen LogP contribution in [0.1, 0.15) is 73.1 Å². The molecule has 2 aromatic rings. The Morgan fingerprint density at radius 2 is 1.33 bits per heavy atom. The summed E-state index contributed by atoms with van der Waals surface area (Å²) in [7, 11) is -2.62. The second-order valence-corrected chi connectivity index (χ2v) is 17.1. The number of hydrogen-bond donors (Lipinski definition) is 0. The monoisotopic (exact) mass is 533 g/mol. The van der Waals surface area contributed by atoms with Crippen LogP contribution in [0.15, 0.2) is 83.0 Å². The first kappa shape index (κ1) is 28.6. The van der Waals surface area contributed by atoms with Gasteiger partial charge in [0.1, 0.15) is 17.7 Å². The van der Waals surface area contributed by atoms with Crippen molar-refractivity contribution in [2.24, 2.45) is 11.3 Å². The normalized spacial score (nSPS) is 21.4. The Kier molecular flexibility index (Phi) is 8.32. The van der Waals surface area contributed by atoms with Crippen LogP contribution in [-0.2, 0) is 4.43 Å². The second kappa shape index (κ2) is 11.4. The standard InChI is InChI=1S/C34H39N3OSi/c1-33(2,3)39(28-12-8-6-9-13-28,29-14-10-7-11-15-29)38-27-18-16-25(17-19-27)30-20-34(4,5)21-31(32(30)24-37)26(22-35)23-36/h6-15,25,27H,16-21H2,1-5H3. The van der Waals surface area contributed by atoms with Gasteiger partial charge in [0, 0.05) is 6.10 Å². The van der Waals surface area contributed by atoms with Gasteiger partial charge in [-0.2, -0.15) is 15.8 Å². The number of nitriles is 3. The van der Waals surface area contributed by atoms with E-state index >= 15 is 0 Å². The van der Waals surface area contributed by atoms with Crippen LogP contribution in [-0.4, -0.2) is 14.4 Å². The van der Waals surface area contributed by atoms with Gasteiger partial charge in [-0.05, 0) is 76.4 Å². The number of allylic oxidation sites excluding steroid dienone is 4. The smallest absolute Gasteiger partial charge is 0.261 e. The van der Waals surface area contributed by atoms with E-state index in [9.17, 15) is 15.8 Å². The maximum Gasteiger partial charge on any atom is 0.261 e. The average molecular weight is 534 g/mol. The molecule has 39 heavy (non-hydrogen) atoms. The molecule has 0 aromatic heterocycles. The third kappa shape index (κ3) is 5.65. The lowest BCUT2D eigenvalue weighted by Gasteiger charge is -2.46. The van der Waals surface area contributed by atoms with Crippen LogP contribution in [0.25, 0.3) is 0 Å². The molecule has 0 amide bonds. The Balaban J connectivity index is 1.67. The van der Waals surface area contributed by atoms with Crippen molar-refractivity contribution in [1.29, 1.82) is 15.8 Å². The van der Waals surface area contributed by atoms with Gasteiger partial charge in [0.15, 0.2) is 0 Å². The number of rotatable bonds is 5. The fourth-order valence-electron chi connectivity index (χ4n) is 6.76. The van der Waals surface area contributed by atoms with Crippen LogP contribution in [0.5, 0.6) is 0 Å². The Morgan fingerprint density at radius 1 is 0.821 bits per heavy atom. The van der Waals surface area contributed by atoms with Gasteiger partial charge in [-0.25, -0.2) is 0 Å². The molecule has 0 bridgehead atoms. The molecule has 2 aromatic carbocycles. The minimum Gasteiger partial charge on any atom is -0.404 e. The summed E-state index contributed by atoms with van der Waals surface area (Å²) in [4.78, 5) is 0. The van der Waals surface area contributed by atoms with Gasteiger partial charge < -0.3 is 4.43 Å². The number of benzene rings is 2. The summed E-state index contributed by atoms with van der Waals surface area (Å²) in [5.41, 5.74) is 2.35. The molecule has 4 rings (SSSR count). The summed E-state index contributed by atoms with van der Waals surface area (Å²) in [5, 5.41) is 31.8. The molecule has 5 heteroatoms. The molecule has 1 saturated carbocycles. The zero-order valence-electron chi connectivity index (χ0n) is 23.9. The predicted octanol–water partition coefficient (Wildman–Crippen LogP) is 7.11. The molecule has 0 aliphatic heterocycles. The lowest BCUT2D eigenvalue weighted by molar-refractivity contribution is 0.125. The predicted molar refractivity (Wildman–Crippen MR) is 158 cm³/mol. The van der Waals surface area contributed by atoms with Gasteiger partial charge in [-0.15, -0.1) is 0 Å². The largest absolute Gasteiger partial charge is 0.404 e. The van der Waals surface area contributed by atoms with E-state index in [4.69, 9.17) is 4.43 Å². The molecule has 2 aliphatic rings. The highest BCUT2D eigenvalue weighted by molar-refractivity contribution is 6.99. The SMILES string of the molecule is CC1(C)CC(=C(C#N)C#N)C(C#N)=C(C2CCC(O[Si](c3ccccc3)(c3ccccc3)C(C)(C)C)CC2)C1. The van der Waals surface area contributed by atoms with Gasteiger partial charge in [0.2, 0.25) is 0 Å². The van der Waals surface area contributed by atoms with Gasteiger partial charge >= 0.3 is 0 Å². The van der Waals surface area contributed by atoms with Crippen LogP contribution >= 0.6 is 0 Å². The van der Waals surface area contributed by atoms with E-state index in [2.05, 4.69) is 101 Å². The second-order valence-electron chi connectivity index (χ2n) is 12.9. The van der Waals surface area contributed by atoms with Crippen LogP contribution in [0, 0.1) is 45.3 Å². The molecule has 0 N–H and O–H groups in total.